The van der Waals surface area contributed by atoms with Crippen LogP contribution in [0.15, 0.2) is 18.3 Å². The Morgan fingerprint density at radius 2 is 1.78 bits per heavy atom. The maximum atomic E-state index is 14.4. The van der Waals surface area contributed by atoms with Crippen LogP contribution >= 0.6 is 0 Å². The zero-order valence-electron chi connectivity index (χ0n) is 19.8. The van der Waals surface area contributed by atoms with Crippen LogP contribution in [0.25, 0.3) is 11.2 Å². The van der Waals surface area contributed by atoms with Crippen molar-refractivity contribution in [2.45, 2.75) is 69.4 Å². The van der Waals surface area contributed by atoms with E-state index >= 15 is 0 Å². The number of amides is 1. The highest BCUT2D eigenvalue weighted by Crippen LogP contribution is 2.39. The SMILES string of the molecule is NC(=O)CC1CCC(n2c(Nc3c(F)cc(F)cc3F)nc3cnc(N[C@H]4CCC(F)(F)C4)nc32)CC1. The summed E-state index contributed by atoms with van der Waals surface area (Å²) in [5, 5.41) is 5.60. The normalized spacial score (nSPS) is 23.3. The molecule has 4 N–H and O–H groups in total. The van der Waals surface area contributed by atoms with E-state index < -0.39 is 35.1 Å². The van der Waals surface area contributed by atoms with Crippen LogP contribution < -0.4 is 16.4 Å². The van der Waals surface area contributed by atoms with Gasteiger partial charge in [0.1, 0.15) is 17.0 Å². The summed E-state index contributed by atoms with van der Waals surface area (Å²) >= 11 is 0. The summed E-state index contributed by atoms with van der Waals surface area (Å²) in [6.45, 7) is 0. The molecule has 0 bridgehead atoms. The molecule has 0 radical (unpaired) electrons. The fraction of sp³-hybridized carbons (Fsp3) is 0.500. The molecule has 13 heteroatoms. The zero-order chi connectivity index (χ0) is 26.3. The number of anilines is 3. The Morgan fingerprint density at radius 1 is 1.08 bits per heavy atom. The Hall–Kier alpha value is -3.51. The fourth-order valence-corrected chi connectivity index (χ4v) is 5.32. The second-order valence-corrected chi connectivity index (χ2v) is 9.86. The van der Waals surface area contributed by atoms with Crippen molar-refractivity contribution in [1.29, 1.82) is 0 Å². The molecule has 2 aliphatic rings. The number of hydrogen-bond acceptors (Lipinski definition) is 6. The molecule has 1 aromatic carbocycles. The minimum absolute atomic E-state index is 0.0802. The van der Waals surface area contributed by atoms with Crippen LogP contribution in [0.5, 0.6) is 0 Å². The van der Waals surface area contributed by atoms with Crippen LogP contribution in [-0.4, -0.2) is 37.4 Å². The van der Waals surface area contributed by atoms with Crippen molar-refractivity contribution in [3.63, 3.8) is 0 Å². The van der Waals surface area contributed by atoms with E-state index in [0.29, 0.717) is 49.0 Å². The van der Waals surface area contributed by atoms with Gasteiger partial charge in [0.05, 0.1) is 6.20 Å². The number of carbonyl (C=O) groups excluding carboxylic acids is 1. The van der Waals surface area contributed by atoms with Gasteiger partial charge in [-0.15, -0.1) is 0 Å². The molecule has 0 unspecified atom stereocenters. The lowest BCUT2D eigenvalue weighted by molar-refractivity contribution is -0.119. The van der Waals surface area contributed by atoms with E-state index in [1.165, 1.54) is 6.20 Å². The number of carbonyl (C=O) groups is 1. The van der Waals surface area contributed by atoms with E-state index in [1.54, 1.807) is 4.57 Å². The zero-order valence-corrected chi connectivity index (χ0v) is 19.8. The van der Waals surface area contributed by atoms with Crippen molar-refractivity contribution in [2.75, 3.05) is 10.6 Å². The van der Waals surface area contributed by atoms with Gasteiger partial charge in [-0.05, 0) is 38.0 Å². The first-order valence-electron chi connectivity index (χ1n) is 12.2. The molecule has 2 aliphatic carbocycles. The van der Waals surface area contributed by atoms with Crippen LogP contribution in [0.4, 0.5) is 39.5 Å². The maximum Gasteiger partial charge on any atom is 0.250 e. The van der Waals surface area contributed by atoms with Crippen molar-refractivity contribution >= 4 is 34.7 Å². The van der Waals surface area contributed by atoms with Crippen LogP contribution in [-0.2, 0) is 4.79 Å². The van der Waals surface area contributed by atoms with Crippen molar-refractivity contribution in [2.24, 2.45) is 11.7 Å². The predicted octanol–water partition coefficient (Wildman–Crippen LogP) is 5.19. The summed E-state index contributed by atoms with van der Waals surface area (Å²) < 4.78 is 71.3. The molecule has 2 aromatic heterocycles. The third kappa shape index (κ3) is 5.44. The van der Waals surface area contributed by atoms with Crippen molar-refractivity contribution in [3.8, 4) is 0 Å². The maximum absolute atomic E-state index is 14.4. The Morgan fingerprint density at radius 3 is 2.41 bits per heavy atom. The van der Waals surface area contributed by atoms with Crippen LogP contribution in [0.1, 0.15) is 57.4 Å². The number of benzene rings is 1. The van der Waals surface area contributed by atoms with E-state index in [-0.39, 0.29) is 55.4 Å². The monoisotopic (exact) mass is 523 g/mol. The molecule has 0 spiro atoms. The van der Waals surface area contributed by atoms with Gasteiger partial charge in [0.25, 0.3) is 0 Å². The van der Waals surface area contributed by atoms with Gasteiger partial charge >= 0.3 is 0 Å². The number of aromatic nitrogens is 4. The molecule has 0 aliphatic heterocycles. The van der Waals surface area contributed by atoms with Gasteiger partial charge in [0.2, 0.25) is 23.7 Å². The Balaban J connectivity index is 1.49. The summed E-state index contributed by atoms with van der Waals surface area (Å²) in [6.07, 6.45) is 4.04. The topological polar surface area (TPSA) is 111 Å². The highest BCUT2D eigenvalue weighted by Gasteiger charge is 2.39. The molecule has 37 heavy (non-hydrogen) atoms. The molecular formula is C24H26F5N7O. The van der Waals surface area contributed by atoms with E-state index in [0.717, 1.165) is 0 Å². The molecule has 198 valence electrons. The van der Waals surface area contributed by atoms with E-state index in [1.807, 2.05) is 0 Å². The lowest BCUT2D eigenvalue weighted by Gasteiger charge is -2.30. The highest BCUT2D eigenvalue weighted by molar-refractivity contribution is 5.77. The number of alkyl halides is 2. The minimum Gasteiger partial charge on any atom is -0.370 e. The van der Waals surface area contributed by atoms with E-state index in [4.69, 9.17) is 5.73 Å². The first-order chi connectivity index (χ1) is 17.6. The fourth-order valence-electron chi connectivity index (χ4n) is 5.32. The molecular weight excluding hydrogens is 497 g/mol. The van der Waals surface area contributed by atoms with Gasteiger partial charge in [0, 0.05) is 43.5 Å². The van der Waals surface area contributed by atoms with Gasteiger partial charge in [-0.3, -0.25) is 9.36 Å². The van der Waals surface area contributed by atoms with Crippen LogP contribution in [0, 0.1) is 23.4 Å². The molecule has 2 fully saturated rings. The number of halogens is 5. The quantitative estimate of drug-likeness (QED) is 0.368. The summed E-state index contributed by atoms with van der Waals surface area (Å²) in [6, 6.07) is 0.439. The number of rotatable bonds is 7. The molecule has 1 amide bonds. The van der Waals surface area contributed by atoms with Crippen molar-refractivity contribution in [3.05, 3.63) is 35.8 Å². The number of hydrogen-bond donors (Lipinski definition) is 3. The number of fused-ring (bicyclic) bond motifs is 1. The minimum atomic E-state index is -2.74. The van der Waals surface area contributed by atoms with Gasteiger partial charge in [-0.25, -0.2) is 31.9 Å². The largest absolute Gasteiger partial charge is 0.370 e. The molecule has 1 atom stereocenters. The van der Waals surface area contributed by atoms with E-state index in [2.05, 4.69) is 25.6 Å². The average Bonchev–Trinajstić information content (AvgIpc) is 3.34. The smallest absolute Gasteiger partial charge is 0.250 e. The molecule has 2 saturated carbocycles. The second kappa shape index (κ2) is 9.75. The molecule has 8 nitrogen and oxygen atoms in total. The number of primary amides is 1. The number of nitrogens with one attached hydrogen (secondary N) is 2. The summed E-state index contributed by atoms with van der Waals surface area (Å²) in [7, 11) is 0. The predicted molar refractivity (Wildman–Crippen MR) is 126 cm³/mol. The van der Waals surface area contributed by atoms with Gasteiger partial charge in [-0.1, -0.05) is 0 Å². The van der Waals surface area contributed by atoms with Gasteiger partial charge in [0.15, 0.2) is 17.3 Å². The molecule has 0 saturated heterocycles. The van der Waals surface area contributed by atoms with Crippen LogP contribution in [0.2, 0.25) is 0 Å². The summed E-state index contributed by atoms with van der Waals surface area (Å²) in [4.78, 5) is 24.5. The first-order valence-corrected chi connectivity index (χ1v) is 12.2. The Labute approximate surface area is 208 Å². The third-order valence-corrected chi connectivity index (χ3v) is 7.08. The number of nitrogens with zero attached hydrogens (tertiary/aromatic N) is 4. The average molecular weight is 524 g/mol. The summed E-state index contributed by atoms with van der Waals surface area (Å²) in [5.41, 5.74) is 5.45. The summed E-state index contributed by atoms with van der Waals surface area (Å²) in [5.74, 6) is -6.08. The molecule has 2 heterocycles. The number of nitrogens with two attached hydrogens (primary N) is 1. The standard InChI is InChI=1S/C24H26F5N7O/c25-13-8-16(26)20(17(27)9-13)34-23-33-18-11-31-22(32-14-5-6-24(28,29)10-14)35-21(18)36(23)15-3-1-12(2-4-15)7-19(30)37/h8-9,11-12,14-15H,1-7,10H2,(H2,30,37)(H,33,34)(H,31,32,35)/t12?,14-,15?/m0/s1. The van der Waals surface area contributed by atoms with Crippen molar-refractivity contribution < 1.29 is 26.7 Å². The van der Waals surface area contributed by atoms with Gasteiger partial charge < -0.3 is 16.4 Å². The molecule has 5 rings (SSSR count). The Bertz CT molecular complexity index is 1300. The highest BCUT2D eigenvalue weighted by atomic mass is 19.3. The third-order valence-electron chi connectivity index (χ3n) is 7.08. The lowest BCUT2D eigenvalue weighted by Crippen LogP contribution is -2.24. The van der Waals surface area contributed by atoms with Crippen LogP contribution in [0.3, 0.4) is 0 Å². The second-order valence-electron chi connectivity index (χ2n) is 9.86. The van der Waals surface area contributed by atoms with E-state index in [9.17, 15) is 26.7 Å². The lowest BCUT2D eigenvalue weighted by atomic mass is 9.84. The molecule has 3 aromatic rings. The Kier molecular flexibility index (Phi) is 6.63. The van der Waals surface area contributed by atoms with Gasteiger partial charge in [-0.2, -0.15) is 4.98 Å². The number of imidazole rings is 1. The first kappa shape index (κ1) is 25.2. The van der Waals surface area contributed by atoms with Crippen molar-refractivity contribution in [1.82, 2.24) is 19.5 Å².